The van der Waals surface area contributed by atoms with Gasteiger partial charge in [0.1, 0.15) is 0 Å². The molecule has 3 N–H and O–H groups in total. The van der Waals surface area contributed by atoms with Crippen molar-refractivity contribution in [2.75, 3.05) is 48.3 Å². The first kappa shape index (κ1) is 59.4. The number of ether oxygens (including phenoxy) is 3. The summed E-state index contributed by atoms with van der Waals surface area (Å²) in [5.41, 5.74) is 0.686. The zero-order valence-electron chi connectivity index (χ0n) is 44.1. The molecule has 3 heterocycles. The molecule has 11 atom stereocenters. The van der Waals surface area contributed by atoms with Crippen molar-refractivity contribution < 1.29 is 57.7 Å². The summed E-state index contributed by atoms with van der Waals surface area (Å²) in [7, 11) is 6.24. The van der Waals surface area contributed by atoms with Gasteiger partial charge in [-0.15, -0.1) is 0 Å². The standard InChI is InChI=1S/C52H83IN6O12/c1-13-34(6)46(40(68-11)30-43(62)58-29-19-23-39(58)48(69-12)35(7)49(64)54-36(8)47(63)37-20-15-14-16-21-37)56(9)51(66)44(32(2)3)55-50(65)45(33(4)5)57(10)52(67)71-38-22-17-18-27-53(28-26-38)31-70-59-41(60)24-25-42(59)61/h14-17,20-22,32-36,38-40,44-48,63H,13,18-19,23-31H2,1-12H3,(H,54,64)(H,55,65)/b22-17+/t34-,35+,36+,38-,39-,40+,44-,45-,46-,47+,48+/m0/s1. The number of halogens is 1. The molecule has 3 aliphatic heterocycles. The number of aliphatic hydroxyl groups is 1. The van der Waals surface area contributed by atoms with Crippen molar-refractivity contribution in [2.45, 2.75) is 161 Å². The third kappa shape index (κ3) is 15.9. The number of nitrogens with one attached hydrogen (secondary N) is 2. The van der Waals surface area contributed by atoms with E-state index in [9.17, 15) is 38.7 Å². The minimum absolute atomic E-state index is 0.0499. The Labute approximate surface area is 428 Å². The van der Waals surface area contributed by atoms with Crippen LogP contribution >= 0.6 is 19.8 Å². The number of carbonyl (C=O) groups is 7. The Balaban J connectivity index is 1.42. The van der Waals surface area contributed by atoms with Crippen LogP contribution in [0.25, 0.3) is 0 Å². The first-order valence-corrected chi connectivity index (χ1v) is 29.9. The van der Waals surface area contributed by atoms with Gasteiger partial charge in [0.05, 0.1) is 48.8 Å². The van der Waals surface area contributed by atoms with E-state index in [1.807, 2.05) is 71.9 Å². The molecular formula is C52H83IN6O12. The number of amides is 7. The Bertz CT molecular complexity index is 1960. The molecule has 0 aliphatic carbocycles. The zero-order chi connectivity index (χ0) is 52.7. The fraction of sp³-hybridized carbons (Fsp3) is 0.712. The molecule has 0 unspecified atom stereocenters. The predicted molar refractivity (Wildman–Crippen MR) is 278 cm³/mol. The number of nitrogens with zero attached hydrogens (tertiary/aromatic N) is 4. The van der Waals surface area contributed by atoms with Gasteiger partial charge < -0.3 is 24.8 Å². The molecule has 1 aromatic rings. The Morgan fingerprint density at radius 1 is 0.859 bits per heavy atom. The van der Waals surface area contributed by atoms with Crippen molar-refractivity contribution in [2.24, 2.45) is 23.7 Å². The van der Waals surface area contributed by atoms with Crippen LogP contribution in [0.15, 0.2) is 42.5 Å². The average molecular weight is 1110 g/mol. The number of hydrogen-bond donors (Lipinski definition) is 3. The number of hydrogen-bond acceptors (Lipinski definition) is 12. The molecule has 2 fully saturated rings. The maximum atomic E-state index is 14.7. The Hall–Kier alpha value is -4.18. The van der Waals surface area contributed by atoms with E-state index in [-0.39, 0.29) is 66.6 Å². The summed E-state index contributed by atoms with van der Waals surface area (Å²) in [6, 6.07) is 5.59. The molecule has 19 heteroatoms. The molecule has 0 aromatic heterocycles. The van der Waals surface area contributed by atoms with E-state index < -0.39 is 92.4 Å². The van der Waals surface area contributed by atoms with Crippen molar-refractivity contribution in [1.82, 2.24) is 30.4 Å². The number of benzene rings is 1. The molecule has 0 spiro atoms. The number of likely N-dealkylation sites (tertiary alicyclic amines) is 1. The third-order valence-electron chi connectivity index (χ3n) is 14.2. The van der Waals surface area contributed by atoms with Crippen LogP contribution in [-0.4, -0.2) is 163 Å². The summed E-state index contributed by atoms with van der Waals surface area (Å²) in [6.07, 6.45) is 3.89. The molecule has 18 nitrogen and oxygen atoms in total. The van der Waals surface area contributed by atoms with Gasteiger partial charge in [0.25, 0.3) is 0 Å². The van der Waals surface area contributed by atoms with E-state index in [4.69, 9.17) is 19.0 Å². The molecule has 7 amide bonds. The van der Waals surface area contributed by atoms with Crippen LogP contribution in [0.3, 0.4) is 0 Å². The van der Waals surface area contributed by atoms with Gasteiger partial charge in [-0.25, -0.2) is 0 Å². The SMILES string of the molecule is CC[C@H](C)[C@@H]([C@@H](CC(=O)N1CCC[C@H]1[C@H](OC)[C@@H](C)C(=O)N[C@H](C)[C@@H](O)c1ccccc1)OC)N(C)C(=O)[C@@H](NC(=O)[C@H](C(C)C)N(C)C(=O)O[C@H]1/C=C/CCI(CON2C(=O)CCC2=O)CC1)C(C)C. The number of likely N-dealkylation sites (N-methyl/N-ethyl adjacent to an activating group) is 2. The van der Waals surface area contributed by atoms with Crippen LogP contribution in [0.4, 0.5) is 4.79 Å². The number of carbonyl (C=O) groups excluding carboxylic acids is 7. The quantitative estimate of drug-likeness (QED) is 0.0497. The summed E-state index contributed by atoms with van der Waals surface area (Å²) >= 11 is -1.76. The van der Waals surface area contributed by atoms with Gasteiger partial charge in [0.2, 0.25) is 11.8 Å². The van der Waals surface area contributed by atoms with Crippen LogP contribution in [0.1, 0.15) is 118 Å². The molecule has 4 rings (SSSR count). The molecule has 1 aromatic carbocycles. The van der Waals surface area contributed by atoms with Crippen molar-refractivity contribution in [3.63, 3.8) is 0 Å². The van der Waals surface area contributed by atoms with Gasteiger partial charge in [-0.1, -0.05) is 57.5 Å². The van der Waals surface area contributed by atoms with E-state index in [1.54, 1.807) is 42.8 Å². The first-order chi connectivity index (χ1) is 33.7. The van der Waals surface area contributed by atoms with Gasteiger partial charge in [-0.2, -0.15) is 0 Å². The number of methoxy groups -OCH3 is 2. The van der Waals surface area contributed by atoms with Gasteiger partial charge in [0, 0.05) is 27.8 Å². The van der Waals surface area contributed by atoms with E-state index in [2.05, 4.69) is 10.6 Å². The van der Waals surface area contributed by atoms with E-state index >= 15 is 0 Å². The number of aliphatic hydroxyl groups excluding tert-OH is 1. The normalized spacial score (nSPS) is 22.3. The van der Waals surface area contributed by atoms with Crippen LogP contribution < -0.4 is 10.6 Å². The summed E-state index contributed by atoms with van der Waals surface area (Å²) in [6.45, 7) is 15.3. The number of alkyl halides is 3. The van der Waals surface area contributed by atoms with Gasteiger partial charge in [-0.3, -0.25) is 9.59 Å². The second-order valence-electron chi connectivity index (χ2n) is 20.0. The molecule has 2 saturated heterocycles. The minimum atomic E-state index is -1.76. The number of rotatable bonds is 24. The molecule has 0 saturated carbocycles. The zero-order valence-corrected chi connectivity index (χ0v) is 46.3. The van der Waals surface area contributed by atoms with E-state index in [1.165, 1.54) is 26.2 Å². The van der Waals surface area contributed by atoms with Crippen molar-refractivity contribution in [1.29, 1.82) is 0 Å². The summed E-state index contributed by atoms with van der Waals surface area (Å²) in [4.78, 5) is 105. The third-order valence-corrected chi connectivity index (χ3v) is 19.7. The molecule has 0 bridgehead atoms. The number of allylic oxidation sites excluding steroid dienone is 1. The fourth-order valence-corrected chi connectivity index (χ4v) is 14.4. The molecule has 3 aliphatic rings. The van der Waals surface area contributed by atoms with Gasteiger partial charge >= 0.3 is 219 Å². The van der Waals surface area contributed by atoms with E-state index in [0.29, 0.717) is 42.4 Å². The molecule has 71 heavy (non-hydrogen) atoms. The predicted octanol–water partition coefficient (Wildman–Crippen LogP) is 5.64. The Morgan fingerprint density at radius 2 is 1.52 bits per heavy atom. The summed E-state index contributed by atoms with van der Waals surface area (Å²) < 4.78 is 20.0. The Kier molecular flexibility index (Phi) is 23.7. The fourth-order valence-electron chi connectivity index (χ4n) is 9.85. The van der Waals surface area contributed by atoms with Crippen LogP contribution in [0.2, 0.25) is 0 Å². The molecular weight excluding hydrogens is 1030 g/mol. The van der Waals surface area contributed by atoms with Crippen molar-refractivity contribution in [3.8, 4) is 0 Å². The monoisotopic (exact) mass is 1110 g/mol. The summed E-state index contributed by atoms with van der Waals surface area (Å²) in [5, 5.41) is 17.7. The second kappa shape index (κ2) is 28.3. The molecule has 0 radical (unpaired) electrons. The molecule has 400 valence electrons. The van der Waals surface area contributed by atoms with Gasteiger partial charge in [-0.05, 0) is 31.2 Å². The number of imide groups is 1. The number of hydroxylamine groups is 2. The first-order valence-electron chi connectivity index (χ1n) is 25.3. The van der Waals surface area contributed by atoms with E-state index in [0.717, 1.165) is 20.3 Å². The second-order valence-corrected chi connectivity index (χ2v) is 26.0. The van der Waals surface area contributed by atoms with Crippen LogP contribution in [-0.2, 0) is 47.8 Å². The Morgan fingerprint density at radius 3 is 2.11 bits per heavy atom. The van der Waals surface area contributed by atoms with Crippen molar-refractivity contribution >= 4 is 61.4 Å². The van der Waals surface area contributed by atoms with Crippen LogP contribution in [0, 0.1) is 23.7 Å². The van der Waals surface area contributed by atoms with Gasteiger partial charge in [0.15, 0.2) is 0 Å². The maximum absolute atomic E-state index is 14.7. The van der Waals surface area contributed by atoms with Crippen LogP contribution in [0.5, 0.6) is 0 Å². The summed E-state index contributed by atoms with van der Waals surface area (Å²) in [5.74, 6) is -3.52. The average Bonchev–Trinajstić information content (AvgIpc) is 3.95. The topological polar surface area (TPSA) is 214 Å². The van der Waals surface area contributed by atoms with Crippen molar-refractivity contribution in [3.05, 3.63) is 48.0 Å².